The van der Waals surface area contributed by atoms with Crippen LogP contribution < -0.4 is 10.2 Å². The highest BCUT2D eigenvalue weighted by Gasteiger charge is 2.23. The van der Waals surface area contributed by atoms with Crippen LogP contribution in [0.3, 0.4) is 0 Å². The number of hydrogen-bond donors (Lipinski definition) is 2. The number of hydrogen-bond acceptors (Lipinski definition) is 7. The number of carbonyl (C=O) groups excluding carboxylic acids is 1. The molecular weight excluding hydrogens is 314 g/mol. The Hall–Kier alpha value is -2.16. The van der Waals surface area contributed by atoms with Gasteiger partial charge in [0.25, 0.3) is 0 Å². The van der Waals surface area contributed by atoms with Crippen molar-refractivity contribution < 1.29 is 4.79 Å². The third-order valence-corrected chi connectivity index (χ3v) is 4.38. The van der Waals surface area contributed by atoms with Crippen LogP contribution in [0.5, 0.6) is 0 Å². The number of rotatable bonds is 5. The Morgan fingerprint density at radius 1 is 1.48 bits per heavy atom. The lowest BCUT2D eigenvalue weighted by Crippen LogP contribution is -2.48. The average molecular weight is 333 g/mol. The van der Waals surface area contributed by atoms with Crippen molar-refractivity contribution in [3.05, 3.63) is 24.3 Å². The van der Waals surface area contributed by atoms with Crippen LogP contribution >= 0.6 is 11.8 Å². The van der Waals surface area contributed by atoms with Crippen molar-refractivity contribution in [2.75, 3.05) is 23.7 Å². The molecule has 3 heterocycles. The van der Waals surface area contributed by atoms with Crippen molar-refractivity contribution >= 4 is 23.6 Å². The number of thioether (sulfide) groups is 1. The van der Waals surface area contributed by atoms with Gasteiger partial charge in [0.1, 0.15) is 5.82 Å². The van der Waals surface area contributed by atoms with Gasteiger partial charge >= 0.3 is 0 Å². The fourth-order valence-corrected chi connectivity index (χ4v) is 3.17. The number of amides is 1. The summed E-state index contributed by atoms with van der Waals surface area (Å²) < 4.78 is 0. The van der Waals surface area contributed by atoms with Crippen LogP contribution in [-0.4, -0.2) is 55.9 Å². The molecule has 1 aliphatic heterocycles. The molecule has 1 aliphatic rings. The Morgan fingerprint density at radius 2 is 2.30 bits per heavy atom. The number of piperidine rings is 1. The van der Waals surface area contributed by atoms with E-state index in [1.807, 2.05) is 6.92 Å². The van der Waals surface area contributed by atoms with E-state index in [2.05, 4.69) is 35.4 Å². The minimum Gasteiger partial charge on any atom is -0.351 e. The largest absolute Gasteiger partial charge is 0.351 e. The lowest BCUT2D eigenvalue weighted by molar-refractivity contribution is -0.119. The summed E-state index contributed by atoms with van der Waals surface area (Å²) in [6.45, 7) is 3.49. The van der Waals surface area contributed by atoms with E-state index in [-0.39, 0.29) is 11.9 Å². The van der Waals surface area contributed by atoms with Crippen LogP contribution in [0.1, 0.15) is 18.7 Å². The molecule has 23 heavy (non-hydrogen) atoms. The second-order valence-corrected chi connectivity index (χ2v) is 6.34. The van der Waals surface area contributed by atoms with Gasteiger partial charge < -0.3 is 10.2 Å². The molecule has 0 bridgehead atoms. The fraction of sp³-hybridized carbons (Fsp3) is 0.500. The zero-order valence-corrected chi connectivity index (χ0v) is 13.7. The molecule has 1 unspecified atom stereocenters. The predicted molar refractivity (Wildman–Crippen MR) is 87.3 cm³/mol. The van der Waals surface area contributed by atoms with Crippen LogP contribution in [0.15, 0.2) is 23.6 Å². The Kier molecular flexibility index (Phi) is 5.06. The summed E-state index contributed by atoms with van der Waals surface area (Å²) in [6.07, 6.45) is 5.45. The van der Waals surface area contributed by atoms with Gasteiger partial charge in [0, 0.05) is 31.5 Å². The van der Waals surface area contributed by atoms with E-state index in [4.69, 9.17) is 0 Å². The summed E-state index contributed by atoms with van der Waals surface area (Å²) in [4.78, 5) is 26.9. The van der Waals surface area contributed by atoms with Gasteiger partial charge in [-0.15, -0.1) is 5.10 Å². The molecule has 2 N–H and O–H groups in total. The van der Waals surface area contributed by atoms with Crippen molar-refractivity contribution in [1.82, 2.24) is 30.5 Å². The first-order valence-corrected chi connectivity index (χ1v) is 8.52. The molecule has 1 fully saturated rings. The fourth-order valence-electron chi connectivity index (χ4n) is 2.52. The van der Waals surface area contributed by atoms with Crippen molar-refractivity contribution in [3.63, 3.8) is 0 Å². The number of H-pyrrole nitrogens is 1. The van der Waals surface area contributed by atoms with E-state index < -0.39 is 0 Å². The monoisotopic (exact) mass is 333 g/mol. The SMILES string of the molecule is Cc1nc(SCC(=O)NC2CCCN(c3ncccn3)C2)n[nH]1. The second-order valence-electron chi connectivity index (χ2n) is 5.39. The van der Waals surface area contributed by atoms with Crippen LogP contribution in [0.4, 0.5) is 5.95 Å². The third-order valence-electron chi connectivity index (χ3n) is 3.53. The molecule has 0 saturated carbocycles. The van der Waals surface area contributed by atoms with E-state index in [1.165, 1.54) is 11.8 Å². The summed E-state index contributed by atoms with van der Waals surface area (Å²) in [5.74, 6) is 1.78. The Labute approximate surface area is 138 Å². The molecule has 2 aromatic heterocycles. The van der Waals surface area contributed by atoms with Crippen molar-refractivity contribution in [1.29, 1.82) is 0 Å². The van der Waals surface area contributed by atoms with Gasteiger partial charge in [-0.2, -0.15) is 0 Å². The number of aromatic nitrogens is 5. The molecule has 0 aromatic carbocycles. The van der Waals surface area contributed by atoms with Gasteiger partial charge in [-0.05, 0) is 25.8 Å². The van der Waals surface area contributed by atoms with Gasteiger partial charge in [0.15, 0.2) is 0 Å². The molecule has 3 rings (SSSR count). The van der Waals surface area contributed by atoms with Gasteiger partial charge in [-0.25, -0.2) is 15.0 Å². The quantitative estimate of drug-likeness (QED) is 0.780. The maximum absolute atomic E-state index is 12.1. The van der Waals surface area contributed by atoms with Crippen molar-refractivity contribution in [2.24, 2.45) is 0 Å². The highest BCUT2D eigenvalue weighted by Crippen LogP contribution is 2.16. The van der Waals surface area contributed by atoms with Gasteiger partial charge in [0.05, 0.1) is 5.75 Å². The highest BCUT2D eigenvalue weighted by molar-refractivity contribution is 7.99. The summed E-state index contributed by atoms with van der Waals surface area (Å²) >= 11 is 1.33. The molecule has 122 valence electrons. The molecule has 2 aromatic rings. The van der Waals surface area contributed by atoms with Crippen LogP contribution in [0, 0.1) is 6.92 Å². The summed E-state index contributed by atoms with van der Waals surface area (Å²) in [6, 6.07) is 1.92. The van der Waals surface area contributed by atoms with Crippen LogP contribution in [-0.2, 0) is 4.79 Å². The molecule has 0 spiro atoms. The number of aryl methyl sites for hydroxylation is 1. The molecule has 1 amide bonds. The Morgan fingerprint density at radius 3 is 3.04 bits per heavy atom. The first-order chi connectivity index (χ1) is 11.2. The normalized spacial score (nSPS) is 18.0. The van der Waals surface area contributed by atoms with Crippen LogP contribution in [0.2, 0.25) is 0 Å². The molecular formula is C14H19N7OS. The standard InChI is InChI=1S/C14H19N7OS/c1-10-17-14(20-19-10)23-9-12(22)18-11-4-2-7-21(8-11)13-15-5-3-6-16-13/h3,5-6,11H,2,4,7-9H2,1H3,(H,18,22)(H,17,19,20). The predicted octanol–water partition coefficient (Wildman–Crippen LogP) is 0.780. The first kappa shape index (κ1) is 15.7. The Bertz CT molecular complexity index is 648. The van der Waals surface area contributed by atoms with E-state index in [0.717, 1.165) is 37.7 Å². The average Bonchev–Trinajstić information content (AvgIpc) is 3.00. The first-order valence-electron chi connectivity index (χ1n) is 7.54. The molecule has 0 radical (unpaired) electrons. The van der Waals surface area contributed by atoms with E-state index >= 15 is 0 Å². The second kappa shape index (κ2) is 7.40. The zero-order valence-electron chi connectivity index (χ0n) is 12.9. The van der Waals surface area contributed by atoms with Crippen molar-refractivity contribution in [3.8, 4) is 0 Å². The molecule has 1 atom stereocenters. The minimum absolute atomic E-state index is 0.00159. The molecule has 8 nitrogen and oxygen atoms in total. The number of nitrogens with one attached hydrogen (secondary N) is 2. The van der Waals surface area contributed by atoms with E-state index in [9.17, 15) is 4.79 Å². The van der Waals surface area contributed by atoms with Gasteiger partial charge in [0.2, 0.25) is 17.0 Å². The van der Waals surface area contributed by atoms with Crippen LogP contribution in [0.25, 0.3) is 0 Å². The summed E-state index contributed by atoms with van der Waals surface area (Å²) in [7, 11) is 0. The maximum Gasteiger partial charge on any atom is 0.230 e. The lowest BCUT2D eigenvalue weighted by Gasteiger charge is -2.33. The summed E-state index contributed by atoms with van der Waals surface area (Å²) in [5.41, 5.74) is 0. The number of aromatic amines is 1. The molecule has 0 aliphatic carbocycles. The number of nitrogens with zero attached hydrogens (tertiary/aromatic N) is 5. The summed E-state index contributed by atoms with van der Waals surface area (Å²) in [5, 5.41) is 10.4. The van der Waals surface area contributed by atoms with Crippen molar-refractivity contribution in [2.45, 2.75) is 31.0 Å². The smallest absolute Gasteiger partial charge is 0.230 e. The van der Waals surface area contributed by atoms with Gasteiger partial charge in [-0.1, -0.05) is 11.8 Å². The third kappa shape index (κ3) is 4.41. The van der Waals surface area contributed by atoms with Gasteiger partial charge in [-0.3, -0.25) is 9.89 Å². The molecule has 9 heteroatoms. The highest BCUT2D eigenvalue weighted by atomic mass is 32.2. The maximum atomic E-state index is 12.1. The number of anilines is 1. The number of carbonyl (C=O) groups is 1. The Balaban J connectivity index is 1.48. The van der Waals surface area contributed by atoms with E-state index in [0.29, 0.717) is 10.9 Å². The lowest BCUT2D eigenvalue weighted by atomic mass is 10.1. The zero-order chi connectivity index (χ0) is 16.1. The molecule has 1 saturated heterocycles. The minimum atomic E-state index is -0.00159. The van der Waals surface area contributed by atoms with E-state index in [1.54, 1.807) is 18.5 Å². The topological polar surface area (TPSA) is 99.7 Å².